The number of halogens is 1. The van der Waals surface area contributed by atoms with Crippen LogP contribution in [0.25, 0.3) is 0 Å². The summed E-state index contributed by atoms with van der Waals surface area (Å²) in [4.78, 5) is 11.9. The van der Waals surface area contributed by atoms with Gasteiger partial charge in [-0.15, -0.1) is 0 Å². The fraction of sp³-hybridized carbons (Fsp3) is 0.500. The summed E-state index contributed by atoms with van der Waals surface area (Å²) in [6.45, 7) is 3.94. The Morgan fingerprint density at radius 3 is 3.00 bits per heavy atom. The van der Waals surface area contributed by atoms with Crippen LogP contribution in [0.15, 0.2) is 24.3 Å². The van der Waals surface area contributed by atoms with Crippen molar-refractivity contribution in [2.75, 3.05) is 13.1 Å². The third-order valence-corrected chi connectivity index (χ3v) is 3.73. The summed E-state index contributed by atoms with van der Waals surface area (Å²) in [5, 5.41) is 6.99. The highest BCUT2D eigenvalue weighted by molar-refractivity contribution is 6.31. The first kappa shape index (κ1) is 13.4. The lowest BCUT2D eigenvalue weighted by Gasteiger charge is -2.17. The Morgan fingerprint density at radius 1 is 1.56 bits per heavy atom. The fourth-order valence-corrected chi connectivity index (χ4v) is 2.65. The predicted molar refractivity (Wildman–Crippen MR) is 73.6 cm³/mol. The number of carbonyl (C=O) groups is 1. The average molecular weight is 267 g/mol. The molecule has 0 spiro atoms. The van der Waals surface area contributed by atoms with E-state index in [-0.39, 0.29) is 11.9 Å². The molecule has 0 aromatic heterocycles. The SMILES string of the molecule is C[C@H](NC(=O)CC1CCNC1)c1ccccc1Cl. The zero-order valence-electron chi connectivity index (χ0n) is 10.6. The largest absolute Gasteiger partial charge is 0.350 e. The van der Waals surface area contributed by atoms with E-state index in [1.807, 2.05) is 31.2 Å². The predicted octanol–water partition coefficient (Wildman–Crippen LogP) is 2.52. The summed E-state index contributed by atoms with van der Waals surface area (Å²) in [7, 11) is 0. The summed E-state index contributed by atoms with van der Waals surface area (Å²) in [5.74, 6) is 0.583. The molecule has 98 valence electrons. The van der Waals surface area contributed by atoms with Crippen molar-refractivity contribution in [1.29, 1.82) is 0 Å². The van der Waals surface area contributed by atoms with Gasteiger partial charge in [-0.2, -0.15) is 0 Å². The number of amides is 1. The Kier molecular flexibility index (Phi) is 4.61. The first-order valence-corrected chi connectivity index (χ1v) is 6.79. The first-order valence-electron chi connectivity index (χ1n) is 6.41. The number of rotatable bonds is 4. The van der Waals surface area contributed by atoms with Crippen molar-refractivity contribution in [2.24, 2.45) is 5.92 Å². The lowest BCUT2D eigenvalue weighted by atomic mass is 10.0. The second-order valence-electron chi connectivity index (χ2n) is 4.87. The molecule has 0 saturated carbocycles. The fourth-order valence-electron chi connectivity index (χ4n) is 2.36. The molecule has 4 heteroatoms. The van der Waals surface area contributed by atoms with E-state index in [1.165, 1.54) is 0 Å². The Morgan fingerprint density at radius 2 is 2.33 bits per heavy atom. The van der Waals surface area contributed by atoms with Crippen LogP contribution in [-0.4, -0.2) is 19.0 Å². The Hall–Kier alpha value is -1.06. The van der Waals surface area contributed by atoms with Crippen LogP contribution in [-0.2, 0) is 4.79 Å². The van der Waals surface area contributed by atoms with Crippen molar-refractivity contribution in [3.8, 4) is 0 Å². The Labute approximate surface area is 113 Å². The van der Waals surface area contributed by atoms with E-state index in [0.29, 0.717) is 17.4 Å². The van der Waals surface area contributed by atoms with Crippen molar-refractivity contribution in [1.82, 2.24) is 10.6 Å². The second kappa shape index (κ2) is 6.21. The van der Waals surface area contributed by atoms with Crippen molar-refractivity contribution >= 4 is 17.5 Å². The van der Waals surface area contributed by atoms with Crippen molar-refractivity contribution in [3.63, 3.8) is 0 Å². The standard InChI is InChI=1S/C14H19ClN2O/c1-10(12-4-2-3-5-13(12)15)17-14(18)8-11-6-7-16-9-11/h2-5,10-11,16H,6-9H2,1H3,(H,17,18)/t10-,11?/m0/s1. The summed E-state index contributed by atoms with van der Waals surface area (Å²) in [6.07, 6.45) is 1.69. The third kappa shape index (κ3) is 3.47. The number of carbonyl (C=O) groups excluding carboxylic acids is 1. The lowest BCUT2D eigenvalue weighted by molar-refractivity contribution is -0.122. The maximum absolute atomic E-state index is 11.9. The maximum atomic E-state index is 11.9. The number of benzene rings is 1. The van der Waals surface area contributed by atoms with Gasteiger partial charge in [-0.1, -0.05) is 29.8 Å². The molecule has 1 fully saturated rings. The smallest absolute Gasteiger partial charge is 0.220 e. The average Bonchev–Trinajstić information content (AvgIpc) is 2.82. The van der Waals surface area contributed by atoms with Gasteiger partial charge in [0.1, 0.15) is 0 Å². The molecular weight excluding hydrogens is 248 g/mol. The van der Waals surface area contributed by atoms with E-state index in [0.717, 1.165) is 25.1 Å². The van der Waals surface area contributed by atoms with E-state index >= 15 is 0 Å². The minimum Gasteiger partial charge on any atom is -0.350 e. The topological polar surface area (TPSA) is 41.1 Å². The normalized spacial score (nSPS) is 20.7. The molecule has 1 aliphatic rings. The lowest BCUT2D eigenvalue weighted by Crippen LogP contribution is -2.29. The van der Waals surface area contributed by atoms with Crippen LogP contribution in [0.2, 0.25) is 5.02 Å². The molecule has 1 unspecified atom stereocenters. The molecule has 2 N–H and O–H groups in total. The van der Waals surface area contributed by atoms with Crippen LogP contribution in [0.5, 0.6) is 0 Å². The Bertz CT molecular complexity index is 416. The highest BCUT2D eigenvalue weighted by Crippen LogP contribution is 2.22. The van der Waals surface area contributed by atoms with E-state index in [9.17, 15) is 4.79 Å². The molecule has 1 aromatic carbocycles. The quantitative estimate of drug-likeness (QED) is 0.879. The number of hydrogen-bond acceptors (Lipinski definition) is 2. The van der Waals surface area contributed by atoms with Crippen molar-refractivity contribution in [3.05, 3.63) is 34.9 Å². The van der Waals surface area contributed by atoms with Gasteiger partial charge in [-0.05, 0) is 44.0 Å². The van der Waals surface area contributed by atoms with Gasteiger partial charge in [0, 0.05) is 11.4 Å². The van der Waals surface area contributed by atoms with Gasteiger partial charge < -0.3 is 10.6 Å². The molecule has 2 atom stereocenters. The molecule has 1 saturated heterocycles. The van der Waals surface area contributed by atoms with E-state index in [4.69, 9.17) is 11.6 Å². The molecule has 1 amide bonds. The van der Waals surface area contributed by atoms with E-state index < -0.39 is 0 Å². The maximum Gasteiger partial charge on any atom is 0.220 e. The molecule has 1 aliphatic heterocycles. The minimum atomic E-state index is -0.0411. The molecule has 1 aromatic rings. The zero-order chi connectivity index (χ0) is 13.0. The summed E-state index contributed by atoms with van der Waals surface area (Å²) in [6, 6.07) is 7.58. The third-order valence-electron chi connectivity index (χ3n) is 3.39. The Balaban J connectivity index is 1.88. The van der Waals surface area contributed by atoms with Crippen LogP contribution in [0.4, 0.5) is 0 Å². The van der Waals surface area contributed by atoms with Gasteiger partial charge in [0.15, 0.2) is 0 Å². The summed E-state index contributed by atoms with van der Waals surface area (Å²) < 4.78 is 0. The van der Waals surface area contributed by atoms with E-state index in [1.54, 1.807) is 0 Å². The second-order valence-corrected chi connectivity index (χ2v) is 5.28. The van der Waals surface area contributed by atoms with Gasteiger partial charge >= 0.3 is 0 Å². The van der Waals surface area contributed by atoms with Crippen LogP contribution in [0.3, 0.4) is 0 Å². The van der Waals surface area contributed by atoms with Crippen molar-refractivity contribution < 1.29 is 4.79 Å². The van der Waals surface area contributed by atoms with Gasteiger partial charge in [0.2, 0.25) is 5.91 Å². The molecule has 0 bridgehead atoms. The van der Waals surface area contributed by atoms with Gasteiger partial charge in [-0.3, -0.25) is 4.79 Å². The van der Waals surface area contributed by atoms with Gasteiger partial charge in [0.25, 0.3) is 0 Å². The summed E-state index contributed by atoms with van der Waals surface area (Å²) in [5.41, 5.74) is 0.970. The molecule has 18 heavy (non-hydrogen) atoms. The number of hydrogen-bond donors (Lipinski definition) is 2. The van der Waals surface area contributed by atoms with Crippen molar-refractivity contribution in [2.45, 2.75) is 25.8 Å². The van der Waals surface area contributed by atoms with Crippen LogP contribution in [0, 0.1) is 5.92 Å². The highest BCUT2D eigenvalue weighted by Gasteiger charge is 2.19. The monoisotopic (exact) mass is 266 g/mol. The van der Waals surface area contributed by atoms with Crippen LogP contribution in [0.1, 0.15) is 31.4 Å². The summed E-state index contributed by atoms with van der Waals surface area (Å²) >= 11 is 6.11. The molecule has 2 rings (SSSR count). The van der Waals surface area contributed by atoms with Gasteiger partial charge in [-0.25, -0.2) is 0 Å². The molecule has 0 radical (unpaired) electrons. The molecule has 3 nitrogen and oxygen atoms in total. The highest BCUT2D eigenvalue weighted by atomic mass is 35.5. The zero-order valence-corrected chi connectivity index (χ0v) is 11.3. The van der Waals surface area contributed by atoms with Gasteiger partial charge in [0.05, 0.1) is 6.04 Å². The van der Waals surface area contributed by atoms with Crippen LogP contribution < -0.4 is 10.6 Å². The number of nitrogens with one attached hydrogen (secondary N) is 2. The molecule has 0 aliphatic carbocycles. The molecule has 1 heterocycles. The molecular formula is C14H19ClN2O. The van der Waals surface area contributed by atoms with E-state index in [2.05, 4.69) is 10.6 Å². The minimum absolute atomic E-state index is 0.0411. The van der Waals surface area contributed by atoms with Crippen LogP contribution >= 0.6 is 11.6 Å². The first-order chi connectivity index (χ1) is 8.66.